The molecule has 31 heavy (non-hydrogen) atoms. The summed E-state index contributed by atoms with van der Waals surface area (Å²) in [6.45, 7) is 3.72. The van der Waals surface area contributed by atoms with Crippen LogP contribution in [0.1, 0.15) is 46.0 Å². The molecule has 160 valence electrons. The van der Waals surface area contributed by atoms with Gasteiger partial charge in [0, 0.05) is 31.6 Å². The molecule has 6 nitrogen and oxygen atoms in total. The standard InChI is InChI=1S/C12H12N2O.C7H7Br.C5H6N2O/c1-10(15)12-7-8-14(13-12)9-11-5-3-2-4-6-11;8-6-7-4-2-1-3-5-7;1-4(8)5-2-3-6-7-5/h2-8H,9H2,1H3;1-5H,6H2;2-3H,1H3,(H,6,7). The van der Waals surface area contributed by atoms with Crippen molar-refractivity contribution in [2.45, 2.75) is 25.7 Å². The molecule has 0 aliphatic carbocycles. The molecule has 2 heterocycles. The van der Waals surface area contributed by atoms with E-state index in [-0.39, 0.29) is 11.6 Å². The molecule has 0 unspecified atom stereocenters. The zero-order chi connectivity index (χ0) is 22.5. The second-order valence-electron chi connectivity index (χ2n) is 6.59. The van der Waals surface area contributed by atoms with Crippen molar-refractivity contribution in [1.82, 2.24) is 20.0 Å². The van der Waals surface area contributed by atoms with Crippen molar-refractivity contribution in [2.24, 2.45) is 0 Å². The number of carbonyl (C=O) groups excluding carboxylic acids is 2. The van der Waals surface area contributed by atoms with E-state index >= 15 is 0 Å². The van der Waals surface area contributed by atoms with Crippen LogP contribution in [0, 0.1) is 0 Å². The third-order valence-electron chi connectivity index (χ3n) is 4.07. The summed E-state index contributed by atoms with van der Waals surface area (Å²) in [4.78, 5) is 21.5. The molecule has 0 aliphatic heterocycles. The predicted molar refractivity (Wildman–Crippen MR) is 125 cm³/mol. The molecule has 0 spiro atoms. The van der Waals surface area contributed by atoms with E-state index in [2.05, 4.69) is 43.4 Å². The van der Waals surface area contributed by atoms with Crippen LogP contribution in [0.5, 0.6) is 0 Å². The number of H-pyrrole nitrogens is 1. The predicted octanol–water partition coefficient (Wildman–Crippen LogP) is 5.33. The highest BCUT2D eigenvalue weighted by Crippen LogP contribution is 2.04. The summed E-state index contributed by atoms with van der Waals surface area (Å²) in [6, 6.07) is 23.7. The minimum absolute atomic E-state index is 0.00168. The number of carbonyl (C=O) groups is 2. The number of alkyl halides is 1. The number of Topliss-reactive ketones (excluding diaryl/α,β-unsaturated/α-hetero) is 2. The Morgan fingerprint density at radius 1 is 0.871 bits per heavy atom. The van der Waals surface area contributed by atoms with Gasteiger partial charge in [0.25, 0.3) is 0 Å². The molecule has 0 amide bonds. The Labute approximate surface area is 190 Å². The van der Waals surface area contributed by atoms with Gasteiger partial charge in [-0.3, -0.25) is 19.4 Å². The molecule has 1 N–H and O–H groups in total. The van der Waals surface area contributed by atoms with E-state index in [1.807, 2.05) is 54.7 Å². The van der Waals surface area contributed by atoms with Gasteiger partial charge in [0.1, 0.15) is 11.4 Å². The molecule has 0 aliphatic rings. The third kappa shape index (κ3) is 8.92. The summed E-state index contributed by atoms with van der Waals surface area (Å²) in [7, 11) is 0. The summed E-state index contributed by atoms with van der Waals surface area (Å²) < 4.78 is 1.77. The minimum atomic E-state index is 0.00168. The summed E-state index contributed by atoms with van der Waals surface area (Å²) in [5, 5.41) is 11.3. The number of rotatable bonds is 5. The Kier molecular flexibility index (Phi) is 10.1. The number of halogens is 1. The Morgan fingerprint density at radius 2 is 1.48 bits per heavy atom. The smallest absolute Gasteiger partial charge is 0.179 e. The fourth-order valence-electron chi connectivity index (χ4n) is 2.43. The third-order valence-corrected chi connectivity index (χ3v) is 4.71. The first-order valence-electron chi connectivity index (χ1n) is 9.68. The van der Waals surface area contributed by atoms with Gasteiger partial charge in [0.15, 0.2) is 11.6 Å². The number of nitrogens with one attached hydrogen (secondary N) is 1. The van der Waals surface area contributed by atoms with E-state index in [0.29, 0.717) is 17.9 Å². The molecule has 0 saturated carbocycles. The van der Waals surface area contributed by atoms with Crippen LogP contribution in [0.3, 0.4) is 0 Å². The molecule has 4 rings (SSSR count). The van der Waals surface area contributed by atoms with Crippen molar-refractivity contribution in [2.75, 3.05) is 0 Å². The first kappa shape index (κ1) is 24.0. The number of hydrogen-bond donors (Lipinski definition) is 1. The lowest BCUT2D eigenvalue weighted by atomic mass is 10.2. The van der Waals surface area contributed by atoms with Crippen LogP contribution in [-0.2, 0) is 11.9 Å². The average molecular weight is 481 g/mol. The van der Waals surface area contributed by atoms with Crippen LogP contribution in [0.25, 0.3) is 0 Å². The molecule has 0 radical (unpaired) electrons. The highest BCUT2D eigenvalue weighted by molar-refractivity contribution is 9.08. The molecule has 2 aromatic heterocycles. The second kappa shape index (κ2) is 13.1. The normalized spacial score (nSPS) is 9.65. The Morgan fingerprint density at radius 3 is 1.87 bits per heavy atom. The molecule has 0 fully saturated rings. The van der Waals surface area contributed by atoms with E-state index in [1.54, 1.807) is 23.0 Å². The summed E-state index contributed by atoms with van der Waals surface area (Å²) in [6.07, 6.45) is 3.38. The summed E-state index contributed by atoms with van der Waals surface area (Å²) in [5.74, 6) is 0.0179. The van der Waals surface area contributed by atoms with Crippen molar-refractivity contribution in [3.8, 4) is 0 Å². The highest BCUT2D eigenvalue weighted by Gasteiger charge is 2.03. The van der Waals surface area contributed by atoms with Crippen LogP contribution in [-0.4, -0.2) is 31.5 Å². The van der Waals surface area contributed by atoms with Crippen LogP contribution >= 0.6 is 15.9 Å². The van der Waals surface area contributed by atoms with Gasteiger partial charge in [-0.2, -0.15) is 10.2 Å². The SMILES string of the molecule is BrCc1ccccc1.CC(=O)c1ccn(Cc2ccccc2)n1.CC(=O)c1ccn[nH]1. The number of hydrogen-bond acceptors (Lipinski definition) is 4. The Hall–Kier alpha value is -3.32. The van der Waals surface area contributed by atoms with Gasteiger partial charge in [-0.15, -0.1) is 0 Å². The molecule has 7 heteroatoms. The number of ketones is 2. The Bertz CT molecular complexity index is 1050. The number of aromatic nitrogens is 4. The van der Waals surface area contributed by atoms with Gasteiger partial charge in [-0.1, -0.05) is 76.6 Å². The van der Waals surface area contributed by atoms with Gasteiger partial charge in [-0.25, -0.2) is 0 Å². The largest absolute Gasteiger partial charge is 0.293 e. The second-order valence-corrected chi connectivity index (χ2v) is 7.15. The maximum atomic E-state index is 11.0. The van der Waals surface area contributed by atoms with Gasteiger partial charge in [0.2, 0.25) is 0 Å². The summed E-state index contributed by atoms with van der Waals surface area (Å²) >= 11 is 3.36. The fourth-order valence-corrected chi connectivity index (χ4v) is 2.80. The first-order valence-corrected chi connectivity index (χ1v) is 10.8. The lowest BCUT2D eigenvalue weighted by Gasteiger charge is -2.00. The maximum absolute atomic E-state index is 11.0. The Balaban J connectivity index is 0.000000181. The average Bonchev–Trinajstić information content (AvgIpc) is 3.49. The van der Waals surface area contributed by atoms with Crippen molar-refractivity contribution in [3.63, 3.8) is 0 Å². The van der Waals surface area contributed by atoms with E-state index in [0.717, 1.165) is 5.33 Å². The van der Waals surface area contributed by atoms with Crippen LogP contribution in [0.4, 0.5) is 0 Å². The number of benzene rings is 2. The van der Waals surface area contributed by atoms with Crippen molar-refractivity contribution in [1.29, 1.82) is 0 Å². The first-order chi connectivity index (χ1) is 15.0. The van der Waals surface area contributed by atoms with E-state index in [4.69, 9.17) is 0 Å². The summed E-state index contributed by atoms with van der Waals surface area (Å²) in [5.41, 5.74) is 3.58. The fraction of sp³-hybridized carbons (Fsp3) is 0.167. The van der Waals surface area contributed by atoms with Gasteiger partial charge in [-0.05, 0) is 23.3 Å². The number of nitrogens with zero attached hydrogens (tertiary/aromatic N) is 3. The van der Waals surface area contributed by atoms with Crippen molar-refractivity contribution in [3.05, 3.63) is 108 Å². The molecule has 0 bridgehead atoms. The lowest BCUT2D eigenvalue weighted by molar-refractivity contribution is 0.1000. The molecule has 0 saturated heterocycles. The quantitative estimate of drug-likeness (QED) is 0.309. The van der Waals surface area contributed by atoms with Gasteiger partial charge in [0.05, 0.1) is 6.54 Å². The topological polar surface area (TPSA) is 80.6 Å². The van der Waals surface area contributed by atoms with E-state index in [9.17, 15) is 9.59 Å². The lowest BCUT2D eigenvalue weighted by Crippen LogP contribution is -2.02. The van der Waals surface area contributed by atoms with Crippen molar-refractivity contribution < 1.29 is 9.59 Å². The van der Waals surface area contributed by atoms with E-state index < -0.39 is 0 Å². The monoisotopic (exact) mass is 480 g/mol. The minimum Gasteiger partial charge on any atom is -0.293 e. The van der Waals surface area contributed by atoms with E-state index in [1.165, 1.54) is 25.0 Å². The molecule has 4 aromatic rings. The van der Waals surface area contributed by atoms with Gasteiger partial charge < -0.3 is 0 Å². The van der Waals surface area contributed by atoms with Crippen LogP contribution in [0.15, 0.2) is 85.2 Å². The van der Waals surface area contributed by atoms with Gasteiger partial charge >= 0.3 is 0 Å². The molecule has 0 atom stereocenters. The molecule has 2 aromatic carbocycles. The number of aromatic amines is 1. The highest BCUT2D eigenvalue weighted by atomic mass is 79.9. The van der Waals surface area contributed by atoms with Crippen LogP contribution in [0.2, 0.25) is 0 Å². The van der Waals surface area contributed by atoms with Crippen molar-refractivity contribution >= 4 is 27.5 Å². The molecular formula is C24H25BrN4O2. The molecular weight excluding hydrogens is 456 g/mol. The van der Waals surface area contributed by atoms with Crippen LogP contribution < -0.4 is 0 Å². The maximum Gasteiger partial charge on any atom is 0.179 e. The zero-order valence-corrected chi connectivity index (χ0v) is 19.1. The zero-order valence-electron chi connectivity index (χ0n) is 17.5.